The zero-order chi connectivity index (χ0) is 14.0. The molecule has 1 aromatic heterocycles. The molecule has 0 aliphatic heterocycles. The Morgan fingerprint density at radius 2 is 2.21 bits per heavy atom. The summed E-state index contributed by atoms with van der Waals surface area (Å²) in [5.41, 5.74) is 0.359. The van der Waals surface area contributed by atoms with Crippen molar-refractivity contribution < 1.29 is 4.92 Å². The number of nitro benzene ring substituents is 1. The quantitative estimate of drug-likeness (QED) is 0.637. The first-order valence-electron chi connectivity index (χ1n) is 5.81. The lowest BCUT2D eigenvalue weighted by Gasteiger charge is -2.09. The monoisotopic (exact) mass is 280 g/mol. The third kappa shape index (κ3) is 2.90. The van der Waals surface area contributed by atoms with Crippen LogP contribution >= 0.6 is 11.6 Å². The molecule has 0 radical (unpaired) electrons. The van der Waals surface area contributed by atoms with Gasteiger partial charge in [-0.1, -0.05) is 25.4 Å². The Morgan fingerprint density at radius 1 is 1.47 bits per heavy atom. The second kappa shape index (κ2) is 5.36. The molecule has 0 aliphatic rings. The fraction of sp³-hybridized carbons (Fsp3) is 0.333. The third-order valence-electron chi connectivity index (χ3n) is 2.57. The van der Waals surface area contributed by atoms with Crippen molar-refractivity contribution in [3.05, 3.63) is 39.7 Å². The number of aromatic nitrogens is 3. The highest BCUT2D eigenvalue weighted by Gasteiger charge is 2.20. The second-order valence-corrected chi connectivity index (χ2v) is 5.06. The molecule has 0 N–H and O–H groups in total. The molecule has 1 heterocycles. The number of nitrogens with zero attached hydrogens (tertiary/aromatic N) is 4. The summed E-state index contributed by atoms with van der Waals surface area (Å²) in [5.74, 6) is 0.873. The highest BCUT2D eigenvalue weighted by atomic mass is 35.5. The lowest BCUT2D eigenvalue weighted by atomic mass is 10.1. The van der Waals surface area contributed by atoms with Crippen LogP contribution < -0.4 is 0 Å². The van der Waals surface area contributed by atoms with Gasteiger partial charge in [0.1, 0.15) is 6.33 Å². The van der Waals surface area contributed by atoms with Crippen LogP contribution in [0.3, 0.4) is 0 Å². The van der Waals surface area contributed by atoms with E-state index in [1.165, 1.54) is 6.07 Å². The molecule has 2 aromatic rings. The van der Waals surface area contributed by atoms with Crippen LogP contribution in [0.25, 0.3) is 11.4 Å². The summed E-state index contributed by atoms with van der Waals surface area (Å²) in [6.45, 7) is 4.81. The van der Waals surface area contributed by atoms with Gasteiger partial charge in [0.15, 0.2) is 5.82 Å². The molecule has 2 rings (SSSR count). The lowest BCUT2D eigenvalue weighted by Crippen LogP contribution is -2.06. The van der Waals surface area contributed by atoms with Crippen molar-refractivity contribution in [2.45, 2.75) is 20.4 Å². The van der Waals surface area contributed by atoms with Crippen molar-refractivity contribution in [3.63, 3.8) is 0 Å². The van der Waals surface area contributed by atoms with Crippen molar-refractivity contribution in [1.82, 2.24) is 14.8 Å². The molecule has 0 fully saturated rings. The Hall–Kier alpha value is -1.95. The lowest BCUT2D eigenvalue weighted by molar-refractivity contribution is -0.384. The van der Waals surface area contributed by atoms with E-state index >= 15 is 0 Å². The van der Waals surface area contributed by atoms with Gasteiger partial charge in [-0.3, -0.25) is 10.1 Å². The average molecular weight is 281 g/mol. The smallest absolute Gasteiger partial charge is 0.281 e. The summed E-state index contributed by atoms with van der Waals surface area (Å²) < 4.78 is 1.81. The van der Waals surface area contributed by atoms with E-state index in [1.807, 2.05) is 0 Å². The summed E-state index contributed by atoms with van der Waals surface area (Å²) in [6.07, 6.45) is 1.58. The van der Waals surface area contributed by atoms with E-state index in [0.29, 0.717) is 28.9 Å². The third-order valence-corrected chi connectivity index (χ3v) is 2.81. The van der Waals surface area contributed by atoms with E-state index in [2.05, 4.69) is 24.0 Å². The van der Waals surface area contributed by atoms with Gasteiger partial charge in [0.05, 0.1) is 10.5 Å². The first kappa shape index (κ1) is 13.5. The van der Waals surface area contributed by atoms with Crippen LogP contribution in [-0.2, 0) is 6.54 Å². The molecule has 0 atom stereocenters. The average Bonchev–Trinajstić information content (AvgIpc) is 2.76. The maximum Gasteiger partial charge on any atom is 0.281 e. The maximum absolute atomic E-state index is 11.1. The Labute approximate surface area is 115 Å². The highest BCUT2D eigenvalue weighted by molar-refractivity contribution is 6.30. The normalized spacial score (nSPS) is 10.9. The molecule has 6 nitrogen and oxygen atoms in total. The molecule has 0 amide bonds. The van der Waals surface area contributed by atoms with E-state index in [9.17, 15) is 10.1 Å². The number of halogens is 1. The van der Waals surface area contributed by atoms with Crippen LogP contribution in [0.15, 0.2) is 24.5 Å². The predicted molar refractivity (Wildman–Crippen MR) is 72.0 cm³/mol. The summed E-state index contributed by atoms with van der Waals surface area (Å²) in [5, 5.41) is 19.2. The van der Waals surface area contributed by atoms with E-state index in [4.69, 9.17) is 11.6 Å². The standard InChI is InChI=1S/C12H13ClN4O2/c1-8(2)6-16-7-14-15-12(16)10-4-3-9(13)5-11(10)17(18)19/h3-5,7-8H,6H2,1-2H3. The van der Waals surface area contributed by atoms with Gasteiger partial charge in [-0.25, -0.2) is 0 Å². The molecule has 0 spiro atoms. The SMILES string of the molecule is CC(C)Cn1cnnc1-c1ccc(Cl)cc1[N+](=O)[O-]. The largest absolute Gasteiger partial charge is 0.313 e. The molecule has 100 valence electrons. The minimum absolute atomic E-state index is 0.0643. The van der Waals surface area contributed by atoms with Gasteiger partial charge in [-0.05, 0) is 18.1 Å². The van der Waals surface area contributed by atoms with Gasteiger partial charge >= 0.3 is 0 Å². The van der Waals surface area contributed by atoms with Gasteiger partial charge < -0.3 is 4.57 Å². The van der Waals surface area contributed by atoms with Gasteiger partial charge in [0.2, 0.25) is 0 Å². The van der Waals surface area contributed by atoms with Crippen LogP contribution in [0.5, 0.6) is 0 Å². The van der Waals surface area contributed by atoms with Crippen LogP contribution in [-0.4, -0.2) is 19.7 Å². The molecule has 19 heavy (non-hydrogen) atoms. The summed E-state index contributed by atoms with van der Waals surface area (Å²) in [6, 6.07) is 4.53. The Morgan fingerprint density at radius 3 is 2.84 bits per heavy atom. The van der Waals surface area contributed by atoms with E-state index < -0.39 is 4.92 Å². The van der Waals surface area contributed by atoms with Crippen LogP contribution in [0.2, 0.25) is 5.02 Å². The molecule has 0 unspecified atom stereocenters. The fourth-order valence-corrected chi connectivity index (χ4v) is 2.00. The van der Waals surface area contributed by atoms with Crippen LogP contribution in [0.1, 0.15) is 13.8 Å². The van der Waals surface area contributed by atoms with Crippen molar-refractivity contribution >= 4 is 17.3 Å². The summed E-state index contributed by atoms with van der Waals surface area (Å²) >= 11 is 5.80. The fourth-order valence-electron chi connectivity index (χ4n) is 1.84. The van der Waals surface area contributed by atoms with Gasteiger partial charge in [-0.15, -0.1) is 10.2 Å². The highest BCUT2D eigenvalue weighted by Crippen LogP contribution is 2.31. The minimum Gasteiger partial charge on any atom is -0.313 e. The number of rotatable bonds is 4. The minimum atomic E-state index is -0.463. The Kier molecular flexibility index (Phi) is 3.80. The molecule has 0 bridgehead atoms. The molecule has 0 aliphatic carbocycles. The van der Waals surface area contributed by atoms with E-state index in [0.717, 1.165) is 0 Å². The van der Waals surface area contributed by atoms with Crippen molar-refractivity contribution in [2.75, 3.05) is 0 Å². The van der Waals surface area contributed by atoms with Gasteiger partial charge in [-0.2, -0.15) is 0 Å². The molecule has 0 saturated carbocycles. The maximum atomic E-state index is 11.1. The van der Waals surface area contributed by atoms with Crippen molar-refractivity contribution in [2.24, 2.45) is 5.92 Å². The molecule has 1 aromatic carbocycles. The second-order valence-electron chi connectivity index (χ2n) is 4.62. The number of hydrogen-bond donors (Lipinski definition) is 0. The Balaban J connectivity index is 2.53. The zero-order valence-electron chi connectivity index (χ0n) is 10.6. The number of hydrogen-bond acceptors (Lipinski definition) is 4. The van der Waals surface area contributed by atoms with Crippen molar-refractivity contribution in [3.8, 4) is 11.4 Å². The topological polar surface area (TPSA) is 73.8 Å². The number of nitro groups is 1. The number of benzene rings is 1. The Bertz CT molecular complexity index is 610. The molecular formula is C12H13ClN4O2. The van der Waals surface area contributed by atoms with Crippen molar-refractivity contribution in [1.29, 1.82) is 0 Å². The summed E-state index contributed by atoms with van der Waals surface area (Å²) in [7, 11) is 0. The van der Waals surface area contributed by atoms with E-state index in [1.54, 1.807) is 23.0 Å². The molecule has 0 saturated heterocycles. The zero-order valence-corrected chi connectivity index (χ0v) is 11.3. The van der Waals surface area contributed by atoms with E-state index in [-0.39, 0.29) is 5.69 Å². The molecular weight excluding hydrogens is 268 g/mol. The molecule has 7 heteroatoms. The van der Waals surface area contributed by atoms with Gasteiger partial charge in [0, 0.05) is 17.6 Å². The summed E-state index contributed by atoms with van der Waals surface area (Å²) in [4.78, 5) is 10.6. The predicted octanol–water partition coefficient (Wildman–Crippen LogP) is 3.16. The van der Waals surface area contributed by atoms with Crippen LogP contribution in [0, 0.1) is 16.0 Å². The first-order valence-corrected chi connectivity index (χ1v) is 6.19. The van der Waals surface area contributed by atoms with Crippen LogP contribution in [0.4, 0.5) is 5.69 Å². The first-order chi connectivity index (χ1) is 8.99. The van der Waals surface area contributed by atoms with Gasteiger partial charge in [0.25, 0.3) is 5.69 Å².